The molecule has 0 radical (unpaired) electrons. The van der Waals surface area contributed by atoms with Crippen molar-refractivity contribution in [1.29, 1.82) is 0 Å². The average Bonchev–Trinajstić information content (AvgIpc) is 4.15. The Bertz CT molecular complexity index is 2020. The predicted molar refractivity (Wildman–Crippen MR) is 271 cm³/mol. The SMILES string of the molecule is NCCCC[C@H](NC(=O)[C@H](CCCC[C@H](NC(=O)[C@H](CC(=O)O)NC(=O)[C@H](CCC(=O)O)NC(=O)[C@@H]1CCCO1)C(=O)N[C@@H](CCCCN)C(=O)O)NC(=O)[C@H](CC(=O)O)NC(=O)[C@H](CCC(=O)O)NC(=O)[C@@H]1CCCO1)C(=O)O. The van der Waals surface area contributed by atoms with Gasteiger partial charge in [0.25, 0.3) is 0 Å². The van der Waals surface area contributed by atoms with Crippen molar-refractivity contribution in [2.24, 2.45) is 11.5 Å². The van der Waals surface area contributed by atoms with Crippen LogP contribution in [0.1, 0.15) is 128 Å². The Hall–Kier alpha value is -7.58. The molecule has 0 bridgehead atoms. The van der Waals surface area contributed by atoms with Gasteiger partial charge in [0.05, 0.1) is 12.8 Å². The highest BCUT2D eigenvalue weighted by molar-refractivity contribution is 5.98. The van der Waals surface area contributed by atoms with Crippen molar-refractivity contribution in [3.63, 3.8) is 0 Å². The van der Waals surface area contributed by atoms with E-state index in [1.54, 1.807) is 0 Å². The molecule has 32 heteroatoms. The van der Waals surface area contributed by atoms with E-state index in [0.29, 0.717) is 25.7 Å². The number of aliphatic carboxylic acids is 6. The molecule has 0 aromatic carbocycles. The molecule has 18 N–H and O–H groups in total. The Morgan fingerprint density at radius 3 is 0.912 bits per heavy atom. The molecule has 0 aromatic rings. The van der Waals surface area contributed by atoms with E-state index in [-0.39, 0.29) is 77.7 Å². The van der Waals surface area contributed by atoms with Crippen molar-refractivity contribution < 1.29 is 107 Å². The zero-order valence-corrected chi connectivity index (χ0v) is 44.1. The molecule has 8 amide bonds. The molecule has 0 spiro atoms. The average molecular weight is 1150 g/mol. The topological polar surface area (TPSA) is 527 Å². The van der Waals surface area contributed by atoms with E-state index >= 15 is 0 Å². The second-order valence-corrected chi connectivity index (χ2v) is 19.1. The number of nitrogens with one attached hydrogen (secondary N) is 8. The number of rotatable bonds is 41. The highest BCUT2D eigenvalue weighted by Crippen LogP contribution is 2.16. The molecule has 2 aliphatic rings. The molecule has 2 heterocycles. The zero-order valence-electron chi connectivity index (χ0n) is 44.1. The van der Waals surface area contributed by atoms with E-state index in [9.17, 15) is 97.8 Å². The van der Waals surface area contributed by atoms with Gasteiger partial charge in [-0.15, -0.1) is 0 Å². The Labute approximate surface area is 458 Å². The molecule has 2 rings (SSSR count). The van der Waals surface area contributed by atoms with E-state index in [0.717, 1.165) is 0 Å². The van der Waals surface area contributed by atoms with E-state index in [2.05, 4.69) is 42.5 Å². The van der Waals surface area contributed by atoms with Crippen LogP contribution in [-0.2, 0) is 76.6 Å². The van der Waals surface area contributed by atoms with Crippen LogP contribution in [0.3, 0.4) is 0 Å². The van der Waals surface area contributed by atoms with Crippen molar-refractivity contribution in [3.05, 3.63) is 0 Å². The number of unbranched alkanes of at least 4 members (excludes halogenated alkanes) is 3. The smallest absolute Gasteiger partial charge is 0.326 e. The lowest BCUT2D eigenvalue weighted by atomic mass is 10.0. The summed E-state index contributed by atoms with van der Waals surface area (Å²) < 4.78 is 10.6. The summed E-state index contributed by atoms with van der Waals surface area (Å²) in [7, 11) is 0. The maximum atomic E-state index is 13.9. The second kappa shape index (κ2) is 36.6. The number of amides is 8. The van der Waals surface area contributed by atoms with E-state index in [1.807, 2.05) is 0 Å². The van der Waals surface area contributed by atoms with Crippen LogP contribution in [0.2, 0.25) is 0 Å². The lowest BCUT2D eigenvalue weighted by molar-refractivity contribution is -0.143. The molecule has 0 saturated carbocycles. The molecule has 0 aromatic heterocycles. The van der Waals surface area contributed by atoms with Crippen LogP contribution in [0.25, 0.3) is 0 Å². The van der Waals surface area contributed by atoms with Gasteiger partial charge in [0.1, 0.15) is 60.5 Å². The molecule has 2 aliphatic heterocycles. The van der Waals surface area contributed by atoms with E-state index < -0.39 is 195 Å². The van der Waals surface area contributed by atoms with Gasteiger partial charge in [0.2, 0.25) is 47.3 Å². The molecular weight excluding hydrogens is 1070 g/mol. The highest BCUT2D eigenvalue weighted by atomic mass is 16.5. The van der Waals surface area contributed by atoms with Gasteiger partial charge in [-0.1, -0.05) is 12.8 Å². The van der Waals surface area contributed by atoms with Crippen LogP contribution < -0.4 is 54.0 Å². The summed E-state index contributed by atoms with van der Waals surface area (Å²) in [6, 6.07) is -13.9. The molecule has 0 unspecified atom stereocenters. The van der Waals surface area contributed by atoms with Crippen LogP contribution >= 0.6 is 0 Å². The van der Waals surface area contributed by atoms with Gasteiger partial charge < -0.3 is 94.1 Å². The molecule has 0 aliphatic carbocycles. The first kappa shape index (κ1) is 68.5. The Morgan fingerprint density at radius 2 is 0.637 bits per heavy atom. The Balaban J connectivity index is 2.51. The molecule has 80 heavy (non-hydrogen) atoms. The fourth-order valence-corrected chi connectivity index (χ4v) is 8.31. The maximum absolute atomic E-state index is 13.9. The van der Waals surface area contributed by atoms with Crippen molar-refractivity contribution in [2.75, 3.05) is 26.3 Å². The number of nitrogens with two attached hydrogens (primary N) is 2. The third-order valence-electron chi connectivity index (χ3n) is 12.7. The second-order valence-electron chi connectivity index (χ2n) is 19.1. The maximum Gasteiger partial charge on any atom is 0.326 e. The standard InChI is InChI=1S/C48H76N10O22/c49-19-5-3-11-29(47(75)76)55-39(67)25(51-43(71)31(23-37(63)64)57-41(69)27(15-17-35(59)60)53-45(73)33-13-7-21-79-33)9-1-2-10-26(40(68)56-30(48(77)78)12-4-6-20-50)52-44(72)32(24-38(65)66)58-42(70)28(16-18-36(61)62)54-46(74)34-14-8-22-80-34/h25-34H,1-24,49-50H2,(H,51,71)(H,52,72)(H,53,73)(H,54,74)(H,55,67)(H,56,68)(H,57,69)(H,58,70)(H,59,60)(H,61,62)(H,63,64)(H,65,66)(H,75,76)(H,77,78)/t25-,26-,27-,28-,29-,30-,31-,32-,33-,34-/m0/s1. The van der Waals surface area contributed by atoms with Crippen molar-refractivity contribution in [3.8, 4) is 0 Å². The van der Waals surface area contributed by atoms with Gasteiger partial charge in [0, 0.05) is 26.1 Å². The normalized spacial score (nSPS) is 17.7. The van der Waals surface area contributed by atoms with Crippen molar-refractivity contribution in [2.45, 2.75) is 189 Å². The monoisotopic (exact) mass is 1140 g/mol. The summed E-state index contributed by atoms with van der Waals surface area (Å²) in [5, 5.41) is 76.2. The Kier molecular flexibility index (Phi) is 31.3. The Morgan fingerprint density at radius 1 is 0.362 bits per heavy atom. The summed E-state index contributed by atoms with van der Waals surface area (Å²) in [5.74, 6) is -17.9. The van der Waals surface area contributed by atoms with E-state index in [1.165, 1.54) is 0 Å². The number of carbonyl (C=O) groups is 14. The summed E-state index contributed by atoms with van der Waals surface area (Å²) in [6.07, 6.45) is -5.49. The predicted octanol–water partition coefficient (Wildman–Crippen LogP) is -4.11. The molecule has 2 fully saturated rings. The van der Waals surface area contributed by atoms with Gasteiger partial charge in [-0.25, -0.2) is 9.59 Å². The summed E-state index contributed by atoms with van der Waals surface area (Å²) in [6.45, 7) is 0.812. The summed E-state index contributed by atoms with van der Waals surface area (Å²) >= 11 is 0. The van der Waals surface area contributed by atoms with E-state index in [4.69, 9.17) is 20.9 Å². The largest absolute Gasteiger partial charge is 0.481 e. The van der Waals surface area contributed by atoms with Crippen molar-refractivity contribution >= 4 is 83.1 Å². The number of carboxylic acids is 6. The van der Waals surface area contributed by atoms with Gasteiger partial charge in [-0.3, -0.25) is 57.5 Å². The van der Waals surface area contributed by atoms with Gasteiger partial charge >= 0.3 is 35.8 Å². The third kappa shape index (κ3) is 26.4. The first-order valence-corrected chi connectivity index (χ1v) is 26.3. The minimum absolute atomic E-state index is 0.136. The lowest BCUT2D eigenvalue weighted by Crippen LogP contribution is -2.58. The van der Waals surface area contributed by atoms with Crippen LogP contribution in [0.4, 0.5) is 0 Å². The summed E-state index contributed by atoms with van der Waals surface area (Å²) in [5.41, 5.74) is 11.1. The first-order chi connectivity index (χ1) is 37.9. The van der Waals surface area contributed by atoms with Gasteiger partial charge in [-0.2, -0.15) is 0 Å². The number of carbonyl (C=O) groups excluding carboxylic acids is 8. The first-order valence-electron chi connectivity index (χ1n) is 26.3. The minimum Gasteiger partial charge on any atom is -0.481 e. The van der Waals surface area contributed by atoms with Gasteiger partial charge in [-0.05, 0) is 103 Å². The number of hydrogen-bond acceptors (Lipinski definition) is 18. The number of carboxylic acid groups (broad SMARTS) is 6. The van der Waals surface area contributed by atoms with Crippen LogP contribution in [0.5, 0.6) is 0 Å². The van der Waals surface area contributed by atoms with Crippen molar-refractivity contribution in [1.82, 2.24) is 42.5 Å². The molecule has 10 atom stereocenters. The summed E-state index contributed by atoms with van der Waals surface area (Å²) in [4.78, 5) is 180. The molecule has 32 nitrogen and oxygen atoms in total. The molecule has 2 saturated heterocycles. The highest BCUT2D eigenvalue weighted by Gasteiger charge is 2.37. The van der Waals surface area contributed by atoms with Gasteiger partial charge in [0.15, 0.2) is 0 Å². The fraction of sp³-hybridized carbons (Fsp3) is 0.708. The molecule has 450 valence electrons. The number of ether oxygens (including phenoxy) is 2. The van der Waals surface area contributed by atoms with Crippen LogP contribution in [-0.4, -0.2) is 201 Å². The fourth-order valence-electron chi connectivity index (χ4n) is 8.31. The quantitative estimate of drug-likeness (QED) is 0.0259. The van der Waals surface area contributed by atoms with Crippen LogP contribution in [0.15, 0.2) is 0 Å². The number of hydrogen-bond donors (Lipinski definition) is 16. The molecular formula is C48H76N10O22. The van der Waals surface area contributed by atoms with Crippen LogP contribution in [0, 0.1) is 0 Å². The lowest BCUT2D eigenvalue weighted by Gasteiger charge is -2.27. The zero-order chi connectivity index (χ0) is 59.9. The third-order valence-corrected chi connectivity index (χ3v) is 12.7. The minimum atomic E-state index is -2.01.